The minimum Gasteiger partial charge on any atom is -0.407 e. The summed E-state index contributed by atoms with van der Waals surface area (Å²) in [5, 5.41) is -0.459. The number of rotatable bonds is 5. The standard InChI is InChI=1S/C24H43N5O4Si2/c1-21(2,3)30-16-15(33-35(10,11)23(7,8)9)19(31-24(16)20(34-24)32-22(4,5)6)29-13-28-14-17(25)26-12-27-18(14)29/h12-13,15-16,19-20H,34H2,1-11H3,(H2,25,26,27)/t15-,16+,19-,20?,24-/m1/s1. The maximum absolute atomic E-state index is 7.12. The van der Waals surface area contributed by atoms with Crippen LogP contribution in [0.2, 0.25) is 18.1 Å². The smallest absolute Gasteiger partial charge is 0.192 e. The molecule has 35 heavy (non-hydrogen) atoms. The molecule has 0 aliphatic carbocycles. The highest BCUT2D eigenvalue weighted by Gasteiger charge is 2.73. The first-order valence-corrected chi connectivity index (χ1v) is 16.9. The van der Waals surface area contributed by atoms with Gasteiger partial charge in [0.2, 0.25) is 0 Å². The molecule has 0 radical (unpaired) electrons. The number of nitrogens with zero attached hydrogens (tertiary/aromatic N) is 4. The average molecular weight is 522 g/mol. The zero-order chi connectivity index (χ0) is 26.2. The Balaban J connectivity index is 1.82. The summed E-state index contributed by atoms with van der Waals surface area (Å²) in [6, 6.07) is 0. The number of imidazole rings is 1. The van der Waals surface area contributed by atoms with E-state index in [0.717, 1.165) is 0 Å². The number of fused-ring (bicyclic) bond motifs is 1. The quantitative estimate of drug-likeness (QED) is 0.596. The molecule has 2 aliphatic rings. The summed E-state index contributed by atoms with van der Waals surface area (Å²) in [6.45, 7) is 23.8. The van der Waals surface area contributed by atoms with Crippen molar-refractivity contribution in [2.45, 2.75) is 121 Å². The van der Waals surface area contributed by atoms with Crippen LogP contribution in [0, 0.1) is 0 Å². The Bertz CT molecular complexity index is 1090. The van der Waals surface area contributed by atoms with Gasteiger partial charge in [-0.05, 0) is 59.7 Å². The van der Waals surface area contributed by atoms with Crippen molar-refractivity contribution in [1.82, 2.24) is 19.5 Å². The lowest BCUT2D eigenvalue weighted by Gasteiger charge is -2.41. The van der Waals surface area contributed by atoms with E-state index in [1.165, 1.54) is 6.33 Å². The van der Waals surface area contributed by atoms with Gasteiger partial charge in [0.1, 0.15) is 38.8 Å². The Morgan fingerprint density at radius 1 is 1.00 bits per heavy atom. The molecule has 0 bridgehead atoms. The maximum Gasteiger partial charge on any atom is 0.192 e. The molecule has 2 aromatic heterocycles. The van der Waals surface area contributed by atoms with Crippen molar-refractivity contribution in [3.8, 4) is 0 Å². The second-order valence-electron chi connectivity index (χ2n) is 13.5. The molecular formula is C24H43N5O4Si2. The number of ether oxygens (including phenoxy) is 3. The molecule has 0 saturated carbocycles. The molecule has 0 aromatic carbocycles. The van der Waals surface area contributed by atoms with E-state index in [2.05, 4.69) is 90.4 Å². The molecule has 2 aromatic rings. The lowest BCUT2D eigenvalue weighted by Crippen LogP contribution is -2.51. The Labute approximate surface area is 212 Å². The van der Waals surface area contributed by atoms with E-state index in [4.69, 9.17) is 24.4 Å². The zero-order valence-corrected chi connectivity index (χ0v) is 25.6. The summed E-state index contributed by atoms with van der Waals surface area (Å²) in [7, 11) is -2.97. The topological polar surface area (TPSA) is 107 Å². The summed E-state index contributed by atoms with van der Waals surface area (Å²) in [5.74, 6) is 0.348. The second kappa shape index (κ2) is 8.32. The number of nitrogens with two attached hydrogens (primary N) is 1. The fourth-order valence-corrected chi connectivity index (χ4v) is 8.01. The third kappa shape index (κ3) is 5.08. The Morgan fingerprint density at radius 3 is 2.20 bits per heavy atom. The number of hydrogen-bond acceptors (Lipinski definition) is 8. The lowest BCUT2D eigenvalue weighted by molar-refractivity contribution is -0.139. The first-order valence-electron chi connectivity index (χ1n) is 12.5. The van der Waals surface area contributed by atoms with Crippen LogP contribution >= 0.6 is 0 Å². The summed E-state index contributed by atoms with van der Waals surface area (Å²) < 4.78 is 29.3. The van der Waals surface area contributed by atoms with Crippen LogP contribution in [0.25, 0.3) is 11.2 Å². The molecule has 2 saturated heterocycles. The van der Waals surface area contributed by atoms with Crippen LogP contribution in [0.3, 0.4) is 0 Å². The van der Waals surface area contributed by atoms with E-state index in [1.807, 2.05) is 4.57 Å². The molecule has 1 spiro atoms. The number of nitrogen functional groups attached to an aromatic ring is 1. The van der Waals surface area contributed by atoms with Crippen molar-refractivity contribution < 1.29 is 18.6 Å². The summed E-state index contributed by atoms with van der Waals surface area (Å²) in [6.07, 6.45) is 2.13. The molecular weight excluding hydrogens is 478 g/mol. The van der Waals surface area contributed by atoms with E-state index >= 15 is 0 Å². The second-order valence-corrected chi connectivity index (χ2v) is 20.5. The number of anilines is 1. The molecule has 196 valence electrons. The van der Waals surface area contributed by atoms with Gasteiger partial charge in [0, 0.05) is 0 Å². The van der Waals surface area contributed by atoms with Crippen LogP contribution in [0.1, 0.15) is 68.5 Å². The molecule has 9 nitrogen and oxygen atoms in total. The number of aromatic nitrogens is 4. The van der Waals surface area contributed by atoms with Gasteiger partial charge in [-0.25, -0.2) is 15.0 Å². The Hall–Kier alpha value is -1.38. The van der Waals surface area contributed by atoms with Crippen LogP contribution < -0.4 is 5.73 Å². The van der Waals surface area contributed by atoms with Crippen molar-refractivity contribution in [3.63, 3.8) is 0 Å². The van der Waals surface area contributed by atoms with Gasteiger partial charge in [-0.3, -0.25) is 4.57 Å². The van der Waals surface area contributed by atoms with Gasteiger partial charge in [0.05, 0.1) is 23.3 Å². The molecule has 2 fully saturated rings. The summed E-state index contributed by atoms with van der Waals surface area (Å²) in [5.41, 5.74) is 6.69. The van der Waals surface area contributed by atoms with Gasteiger partial charge in [-0.2, -0.15) is 0 Å². The van der Waals surface area contributed by atoms with Crippen LogP contribution in [0.4, 0.5) is 5.82 Å². The van der Waals surface area contributed by atoms with Gasteiger partial charge in [-0.1, -0.05) is 20.8 Å². The minimum absolute atomic E-state index is 0.0193. The van der Waals surface area contributed by atoms with Gasteiger partial charge in [-0.15, -0.1) is 0 Å². The highest BCUT2D eigenvalue weighted by Crippen LogP contribution is 2.54. The van der Waals surface area contributed by atoms with Crippen molar-refractivity contribution in [2.75, 3.05) is 5.73 Å². The average Bonchev–Trinajstić information content (AvgIpc) is 3.01. The van der Waals surface area contributed by atoms with E-state index in [9.17, 15) is 0 Å². The van der Waals surface area contributed by atoms with Gasteiger partial charge in [0.15, 0.2) is 26.0 Å². The van der Waals surface area contributed by atoms with Crippen molar-refractivity contribution in [2.24, 2.45) is 0 Å². The van der Waals surface area contributed by atoms with Crippen molar-refractivity contribution in [1.29, 1.82) is 0 Å². The lowest BCUT2D eigenvalue weighted by atomic mass is 10.1. The van der Waals surface area contributed by atoms with Crippen LogP contribution in [0.15, 0.2) is 12.7 Å². The van der Waals surface area contributed by atoms with E-state index in [-0.39, 0.29) is 34.2 Å². The highest BCUT2D eigenvalue weighted by atomic mass is 28.4. The van der Waals surface area contributed by atoms with Crippen molar-refractivity contribution >= 4 is 34.8 Å². The van der Waals surface area contributed by atoms with Gasteiger partial charge in [0.25, 0.3) is 0 Å². The summed E-state index contributed by atoms with van der Waals surface area (Å²) >= 11 is 0. The van der Waals surface area contributed by atoms with E-state index in [1.54, 1.807) is 6.33 Å². The Kier molecular flexibility index (Phi) is 6.34. The highest BCUT2D eigenvalue weighted by molar-refractivity contribution is 6.74. The molecule has 4 rings (SSSR count). The SMILES string of the molecule is CC(C)(C)OC1[SiH2][C@@]12O[C@@H](n1cnc3c(N)ncnc31)[C@H](O[Si](C)(C)C(C)(C)C)[C@@H]2OC(C)(C)C. The van der Waals surface area contributed by atoms with E-state index in [0.29, 0.717) is 17.0 Å². The summed E-state index contributed by atoms with van der Waals surface area (Å²) in [4.78, 5) is 13.1. The zero-order valence-electron chi connectivity index (χ0n) is 23.2. The fourth-order valence-electron chi connectivity index (χ4n) is 4.46. The maximum atomic E-state index is 7.12. The molecule has 5 atom stereocenters. The molecule has 11 heteroatoms. The minimum atomic E-state index is -2.20. The fraction of sp³-hybridized carbons (Fsp3) is 0.792. The van der Waals surface area contributed by atoms with Gasteiger partial charge < -0.3 is 24.4 Å². The first kappa shape index (κ1) is 26.7. The van der Waals surface area contributed by atoms with Crippen LogP contribution in [0.5, 0.6) is 0 Å². The van der Waals surface area contributed by atoms with Crippen LogP contribution in [-0.2, 0) is 18.6 Å². The molecule has 2 N–H and O–H groups in total. The molecule has 1 unspecified atom stereocenters. The Morgan fingerprint density at radius 2 is 1.63 bits per heavy atom. The molecule has 2 aliphatic heterocycles. The third-order valence-electron chi connectivity index (χ3n) is 7.16. The third-order valence-corrected chi connectivity index (χ3v) is 13.9. The molecule has 4 heterocycles. The van der Waals surface area contributed by atoms with Crippen molar-refractivity contribution in [3.05, 3.63) is 12.7 Å². The normalized spacial score (nSPS) is 30.6. The largest absolute Gasteiger partial charge is 0.407 e. The van der Waals surface area contributed by atoms with Crippen LogP contribution in [-0.4, -0.2) is 71.7 Å². The predicted molar refractivity (Wildman–Crippen MR) is 142 cm³/mol. The van der Waals surface area contributed by atoms with Gasteiger partial charge >= 0.3 is 0 Å². The monoisotopic (exact) mass is 521 g/mol. The van der Waals surface area contributed by atoms with E-state index < -0.39 is 29.3 Å². The molecule has 0 amide bonds. The number of hydrogen-bond donors (Lipinski definition) is 1. The first-order chi connectivity index (χ1) is 15.8. The predicted octanol–water partition coefficient (Wildman–Crippen LogP) is 3.53.